The Morgan fingerprint density at radius 3 is 1.32 bits per heavy atom. The largest absolute Gasteiger partial charge is 0.445 e. The Labute approximate surface area is 460 Å². The van der Waals surface area contributed by atoms with Crippen LogP contribution >= 0.6 is 12.4 Å². The third kappa shape index (κ3) is 18.7. The zero-order valence-electron chi connectivity index (χ0n) is 47.2. The molecule has 0 radical (unpaired) electrons. The summed E-state index contributed by atoms with van der Waals surface area (Å²) >= 11 is 0. The number of amides is 5. The van der Waals surface area contributed by atoms with Gasteiger partial charge in [0.15, 0.2) is 0 Å². The molecule has 0 unspecified atom stereocenters. The van der Waals surface area contributed by atoms with Gasteiger partial charge in [0.25, 0.3) is 0 Å². The number of benzene rings is 4. The van der Waals surface area contributed by atoms with Gasteiger partial charge in [0.2, 0.25) is 17.7 Å². The molecule has 2 aliphatic heterocycles. The highest BCUT2D eigenvalue weighted by atomic mass is 35.5. The number of nitrogens with two attached hydrogens (primary N) is 1. The predicted octanol–water partition coefficient (Wildman–Crippen LogP) is 10.1. The Morgan fingerprint density at radius 2 is 0.961 bits per heavy atom. The average Bonchev–Trinajstić information content (AvgIpc) is 4.08. The van der Waals surface area contributed by atoms with Gasteiger partial charge in [0.1, 0.15) is 19.3 Å². The summed E-state index contributed by atoms with van der Waals surface area (Å²) in [6, 6.07) is 37.7. The van der Waals surface area contributed by atoms with Crippen LogP contribution in [0.3, 0.4) is 0 Å². The number of halogens is 1. The van der Waals surface area contributed by atoms with Crippen LogP contribution in [-0.2, 0) is 37.1 Å². The predicted molar refractivity (Wildman–Crippen MR) is 305 cm³/mol. The highest BCUT2D eigenvalue weighted by Crippen LogP contribution is 2.29. The van der Waals surface area contributed by atoms with Gasteiger partial charge in [-0.05, 0) is 91.6 Å². The minimum Gasteiger partial charge on any atom is -0.445 e. The molecule has 2 saturated heterocycles. The van der Waals surface area contributed by atoms with E-state index in [1.807, 2.05) is 174 Å². The number of likely N-dealkylation sites (N-methyl/N-ethyl adjacent to an activating group) is 1. The SMILES string of the molecule is C[C@H](CN(C[C@@H]1CCCN1C(=O)[C@@H](N)C(C)(C)C)C(=O)OCc1ccccc1)c1ccccc1.C[C@H](CN(C[C@@H]1CCCN1C(=O)[C@@H](NC(=O)[C@H](C)N(C)C)C(C)(C)C)C(=O)OCc1ccccc1)c1ccccc1.Cl. The monoisotopic (exact) mass is 1070 g/mol. The van der Waals surface area contributed by atoms with Gasteiger partial charge in [-0.15, -0.1) is 12.4 Å². The van der Waals surface area contributed by atoms with Crippen LogP contribution in [0.5, 0.6) is 0 Å². The number of hydrogen-bond acceptors (Lipinski definition) is 9. The van der Waals surface area contributed by atoms with Gasteiger partial charge >= 0.3 is 12.2 Å². The van der Waals surface area contributed by atoms with E-state index >= 15 is 0 Å². The maximum Gasteiger partial charge on any atom is 0.410 e. The lowest BCUT2D eigenvalue weighted by atomic mass is 9.85. The molecule has 2 fully saturated rings. The van der Waals surface area contributed by atoms with E-state index < -0.39 is 23.6 Å². The van der Waals surface area contributed by atoms with Crippen LogP contribution in [0.2, 0.25) is 0 Å². The molecule has 14 nitrogen and oxygen atoms in total. The minimum atomic E-state index is -0.681. The summed E-state index contributed by atoms with van der Waals surface area (Å²) < 4.78 is 11.5. The minimum absolute atomic E-state index is 0. The maximum atomic E-state index is 14.0. The van der Waals surface area contributed by atoms with E-state index in [-0.39, 0.29) is 84.8 Å². The molecule has 76 heavy (non-hydrogen) atoms. The number of rotatable bonds is 19. The smallest absolute Gasteiger partial charge is 0.410 e. The van der Waals surface area contributed by atoms with Crippen molar-refractivity contribution in [3.05, 3.63) is 144 Å². The number of hydrogen-bond donors (Lipinski definition) is 2. The first kappa shape index (κ1) is 62.6. The van der Waals surface area contributed by atoms with Crippen molar-refractivity contribution < 1.29 is 33.4 Å². The highest BCUT2D eigenvalue weighted by molar-refractivity contribution is 5.90. The fourth-order valence-corrected chi connectivity index (χ4v) is 9.50. The molecule has 2 heterocycles. The molecule has 7 atom stereocenters. The molecular weight excluding hydrogens is 978 g/mol. The van der Waals surface area contributed by atoms with E-state index in [4.69, 9.17) is 15.2 Å². The molecule has 15 heteroatoms. The van der Waals surface area contributed by atoms with E-state index in [1.54, 1.807) is 9.80 Å². The molecule has 5 amide bonds. The van der Waals surface area contributed by atoms with Gasteiger partial charge in [0, 0.05) is 51.4 Å². The Kier molecular flexibility index (Phi) is 24.3. The highest BCUT2D eigenvalue weighted by Gasteiger charge is 2.42. The van der Waals surface area contributed by atoms with Crippen LogP contribution in [0.1, 0.15) is 122 Å². The quantitative estimate of drug-likeness (QED) is 0.0933. The Morgan fingerprint density at radius 1 is 0.592 bits per heavy atom. The van der Waals surface area contributed by atoms with Crippen LogP contribution in [0.4, 0.5) is 9.59 Å². The van der Waals surface area contributed by atoms with E-state index in [9.17, 15) is 24.0 Å². The Balaban J connectivity index is 0.000000330. The van der Waals surface area contributed by atoms with Crippen molar-refractivity contribution in [2.45, 2.75) is 143 Å². The van der Waals surface area contributed by atoms with Gasteiger partial charge in [-0.1, -0.05) is 177 Å². The van der Waals surface area contributed by atoms with Gasteiger partial charge in [-0.25, -0.2) is 9.59 Å². The van der Waals surface area contributed by atoms with E-state index in [0.29, 0.717) is 39.3 Å². The third-order valence-corrected chi connectivity index (χ3v) is 14.6. The molecule has 0 saturated carbocycles. The molecule has 0 aliphatic carbocycles. The normalized spacial score (nSPS) is 17.4. The maximum absolute atomic E-state index is 14.0. The number of carbonyl (C=O) groups excluding carboxylic acids is 5. The lowest BCUT2D eigenvalue weighted by molar-refractivity contribution is -0.141. The van der Waals surface area contributed by atoms with Crippen molar-refractivity contribution in [2.75, 3.05) is 53.4 Å². The number of ether oxygens (including phenoxy) is 2. The molecule has 4 aromatic carbocycles. The van der Waals surface area contributed by atoms with Crippen molar-refractivity contribution in [1.82, 2.24) is 29.8 Å². The zero-order valence-corrected chi connectivity index (χ0v) is 48.0. The Hall–Kier alpha value is -5.96. The van der Waals surface area contributed by atoms with E-state index in [2.05, 4.69) is 43.4 Å². The fraction of sp³-hybridized carbons (Fsp3) is 0.525. The van der Waals surface area contributed by atoms with Crippen LogP contribution in [0.25, 0.3) is 0 Å². The van der Waals surface area contributed by atoms with E-state index in [1.165, 1.54) is 0 Å². The van der Waals surface area contributed by atoms with Crippen molar-refractivity contribution >= 4 is 42.3 Å². The zero-order chi connectivity index (χ0) is 54.9. The summed E-state index contributed by atoms with van der Waals surface area (Å²) in [4.78, 5) is 75.9. The summed E-state index contributed by atoms with van der Waals surface area (Å²) in [5.41, 5.74) is 9.66. The summed E-state index contributed by atoms with van der Waals surface area (Å²) in [5.74, 6) is -0.105. The molecule has 2 aliphatic rings. The van der Waals surface area contributed by atoms with Crippen LogP contribution in [0.15, 0.2) is 121 Å². The molecule has 6 rings (SSSR count). The number of nitrogens with one attached hydrogen (secondary N) is 1. The van der Waals surface area contributed by atoms with Gasteiger partial charge in [-0.3, -0.25) is 19.3 Å². The van der Waals surface area contributed by atoms with Crippen LogP contribution < -0.4 is 11.1 Å². The number of nitrogens with zero attached hydrogens (tertiary/aromatic N) is 5. The van der Waals surface area contributed by atoms with Gasteiger partial charge in [0.05, 0.1) is 12.1 Å². The second-order valence-corrected chi connectivity index (χ2v) is 23.0. The molecule has 3 N–H and O–H groups in total. The first-order valence-corrected chi connectivity index (χ1v) is 26.9. The number of carbonyl (C=O) groups is 5. The summed E-state index contributed by atoms with van der Waals surface area (Å²) in [5, 5.41) is 3.03. The third-order valence-electron chi connectivity index (χ3n) is 14.6. The molecule has 0 spiro atoms. The van der Waals surface area contributed by atoms with Crippen molar-refractivity contribution in [3.8, 4) is 0 Å². The topological polar surface area (TPSA) is 158 Å². The summed E-state index contributed by atoms with van der Waals surface area (Å²) in [6.45, 7) is 21.4. The van der Waals surface area contributed by atoms with E-state index in [0.717, 1.165) is 47.9 Å². The number of likely N-dealkylation sites (tertiary alicyclic amines) is 2. The summed E-state index contributed by atoms with van der Waals surface area (Å²) in [7, 11) is 3.69. The van der Waals surface area contributed by atoms with Crippen LogP contribution in [-0.4, -0.2) is 138 Å². The second-order valence-electron chi connectivity index (χ2n) is 23.0. The fourth-order valence-electron chi connectivity index (χ4n) is 9.50. The molecule has 416 valence electrons. The van der Waals surface area contributed by atoms with Crippen molar-refractivity contribution in [2.24, 2.45) is 16.6 Å². The van der Waals surface area contributed by atoms with Crippen molar-refractivity contribution in [1.29, 1.82) is 0 Å². The average molecular weight is 1070 g/mol. The lowest BCUT2D eigenvalue weighted by Gasteiger charge is -2.38. The molecular formula is C61H88ClN7O7. The van der Waals surface area contributed by atoms with Gasteiger partial charge in [-0.2, -0.15) is 0 Å². The second kappa shape index (κ2) is 29.5. The first-order valence-electron chi connectivity index (χ1n) is 26.9. The first-order chi connectivity index (χ1) is 35.5. The lowest BCUT2D eigenvalue weighted by Crippen LogP contribution is -2.59. The van der Waals surface area contributed by atoms with Crippen molar-refractivity contribution in [3.63, 3.8) is 0 Å². The standard InChI is InChI=1S/C33H48N4O4.C28H39N3O3.ClH/c1-24(27-17-12-9-13-18-27)21-36(32(40)41-23-26-15-10-8-11-16-26)22-28-19-14-20-37(28)31(39)29(33(3,4)5)34-30(38)25(2)35(6)7;1-21(23-14-9-6-10-15-23)18-30(27(33)34-20-22-12-7-5-8-13-22)19-24-16-11-17-31(24)26(32)25(29)28(2,3)4;/h8-13,15-18,24-25,28-29H,14,19-23H2,1-7H3,(H,34,38);5-10,12-15,21,24-25H,11,16-20,29H2,1-4H3;1H/t24-,25+,28+,29-;21-,24+,25-;/m11./s1. The Bertz CT molecular complexity index is 2400. The molecule has 0 aromatic heterocycles. The van der Waals surface area contributed by atoms with Crippen LogP contribution in [0, 0.1) is 10.8 Å². The van der Waals surface area contributed by atoms with Gasteiger partial charge < -0.3 is 40.1 Å². The molecule has 4 aromatic rings. The summed E-state index contributed by atoms with van der Waals surface area (Å²) in [6.07, 6.45) is 2.64. The molecule has 0 bridgehead atoms.